The number of carbonyl (C=O) groups is 4. The van der Waals surface area contributed by atoms with Gasteiger partial charge in [-0.15, -0.1) is 0 Å². The number of piperidine rings is 1. The molecule has 37 heavy (non-hydrogen) atoms. The van der Waals surface area contributed by atoms with Gasteiger partial charge in [-0.1, -0.05) is 42.5 Å². The minimum atomic E-state index is -1.03. The quantitative estimate of drug-likeness (QED) is 0.297. The van der Waals surface area contributed by atoms with E-state index in [4.69, 9.17) is 20.0 Å². The van der Waals surface area contributed by atoms with Crippen molar-refractivity contribution in [3.05, 3.63) is 71.3 Å². The number of benzene rings is 2. The van der Waals surface area contributed by atoms with Crippen molar-refractivity contribution in [3.8, 4) is 0 Å². The van der Waals surface area contributed by atoms with Crippen LogP contribution in [0.25, 0.3) is 0 Å². The van der Waals surface area contributed by atoms with Gasteiger partial charge in [0.2, 0.25) is 5.91 Å². The van der Waals surface area contributed by atoms with Gasteiger partial charge in [-0.3, -0.25) is 20.3 Å². The molecule has 0 saturated carbocycles. The Bertz CT molecular complexity index is 1110. The van der Waals surface area contributed by atoms with Gasteiger partial charge in [0.25, 0.3) is 5.91 Å². The molecule has 3 rings (SSSR count). The van der Waals surface area contributed by atoms with E-state index in [9.17, 15) is 19.2 Å². The predicted molar refractivity (Wildman–Crippen MR) is 133 cm³/mol. The summed E-state index contributed by atoms with van der Waals surface area (Å²) in [4.78, 5) is 49.6. The van der Waals surface area contributed by atoms with E-state index in [1.54, 1.807) is 11.8 Å². The van der Waals surface area contributed by atoms with Crippen molar-refractivity contribution in [1.29, 1.82) is 5.41 Å². The van der Waals surface area contributed by atoms with Crippen LogP contribution in [-0.2, 0) is 25.7 Å². The van der Waals surface area contributed by atoms with Crippen LogP contribution in [0, 0.1) is 5.41 Å². The van der Waals surface area contributed by atoms with E-state index in [-0.39, 0.29) is 31.1 Å². The number of carbonyl (C=O) groups excluding carboxylic acids is 3. The summed E-state index contributed by atoms with van der Waals surface area (Å²) in [7, 11) is 0. The van der Waals surface area contributed by atoms with Crippen LogP contribution in [0.5, 0.6) is 0 Å². The maximum absolute atomic E-state index is 12.7. The Morgan fingerprint density at radius 3 is 2.27 bits per heavy atom. The lowest BCUT2D eigenvalue weighted by atomic mass is 10.1. The molecule has 11 heteroatoms. The van der Waals surface area contributed by atoms with Gasteiger partial charge in [0, 0.05) is 24.2 Å². The summed E-state index contributed by atoms with van der Waals surface area (Å²) in [6.07, 6.45) is 0.0880. The van der Waals surface area contributed by atoms with E-state index < -0.39 is 24.0 Å². The number of nitrogens with zero attached hydrogens (tertiary/aromatic N) is 1. The first-order valence-electron chi connectivity index (χ1n) is 11.8. The van der Waals surface area contributed by atoms with Gasteiger partial charge in [-0.2, -0.15) is 0 Å². The fourth-order valence-corrected chi connectivity index (χ4v) is 3.77. The van der Waals surface area contributed by atoms with Gasteiger partial charge in [0.05, 0.1) is 6.10 Å². The molecule has 1 fully saturated rings. The molecule has 2 aromatic rings. The Balaban J connectivity index is 1.44. The van der Waals surface area contributed by atoms with Crippen LogP contribution in [0.1, 0.15) is 41.3 Å². The lowest BCUT2D eigenvalue weighted by Gasteiger charge is -2.33. The summed E-state index contributed by atoms with van der Waals surface area (Å²) in [5.41, 5.74) is 1.50. The number of carboxylic acids is 1. The lowest BCUT2D eigenvalue weighted by Crippen LogP contribution is -2.50. The summed E-state index contributed by atoms with van der Waals surface area (Å²) in [6.45, 7) is 2.15. The maximum atomic E-state index is 12.7. The molecule has 4 N–H and O–H groups in total. The van der Waals surface area contributed by atoms with Crippen LogP contribution in [-0.4, -0.2) is 71.6 Å². The maximum Gasteiger partial charge on any atom is 0.413 e. The van der Waals surface area contributed by atoms with Crippen LogP contribution in [0.4, 0.5) is 4.79 Å². The minimum absolute atomic E-state index is 0.0759. The van der Waals surface area contributed by atoms with Crippen molar-refractivity contribution in [3.63, 3.8) is 0 Å². The SMILES string of the molecule is C[C@H](NC(=O)c1ccc(C(=N)NC(=O)OCc2ccccc2)cc1)C(=O)N1CCC(OCC(=O)O)CC1. The summed E-state index contributed by atoms with van der Waals surface area (Å²) in [5.74, 6) is -1.89. The number of ether oxygens (including phenoxy) is 2. The van der Waals surface area contributed by atoms with Gasteiger partial charge >= 0.3 is 12.1 Å². The largest absolute Gasteiger partial charge is 0.480 e. The minimum Gasteiger partial charge on any atom is -0.480 e. The van der Waals surface area contributed by atoms with Crippen LogP contribution in [0.3, 0.4) is 0 Å². The highest BCUT2D eigenvalue weighted by Crippen LogP contribution is 2.15. The number of nitrogens with one attached hydrogen (secondary N) is 3. The molecule has 1 heterocycles. The van der Waals surface area contributed by atoms with Crippen LogP contribution in [0.2, 0.25) is 0 Å². The molecule has 0 spiro atoms. The zero-order chi connectivity index (χ0) is 26.8. The molecule has 0 radical (unpaired) electrons. The Labute approximate surface area is 214 Å². The lowest BCUT2D eigenvalue weighted by molar-refractivity contribution is -0.147. The van der Waals surface area contributed by atoms with E-state index >= 15 is 0 Å². The first-order valence-corrected chi connectivity index (χ1v) is 11.8. The van der Waals surface area contributed by atoms with E-state index in [0.717, 1.165) is 5.56 Å². The average Bonchev–Trinajstić information content (AvgIpc) is 2.91. The molecule has 0 aromatic heterocycles. The highest BCUT2D eigenvalue weighted by molar-refractivity contribution is 6.05. The molecular weight excluding hydrogens is 480 g/mol. The summed E-state index contributed by atoms with van der Waals surface area (Å²) in [6, 6.07) is 14.4. The smallest absolute Gasteiger partial charge is 0.413 e. The van der Waals surface area contributed by atoms with E-state index in [2.05, 4.69) is 10.6 Å². The third kappa shape index (κ3) is 8.43. The topological polar surface area (TPSA) is 158 Å². The van der Waals surface area contributed by atoms with Crippen molar-refractivity contribution in [2.45, 2.75) is 38.5 Å². The number of aliphatic carboxylic acids is 1. The number of carboxylic acid groups (broad SMARTS) is 1. The number of rotatable bonds is 9. The third-order valence-corrected chi connectivity index (χ3v) is 5.79. The zero-order valence-corrected chi connectivity index (χ0v) is 20.4. The van der Waals surface area contributed by atoms with E-state index in [0.29, 0.717) is 37.1 Å². The third-order valence-electron chi connectivity index (χ3n) is 5.79. The average molecular weight is 511 g/mol. The molecule has 196 valence electrons. The number of hydrogen-bond acceptors (Lipinski definition) is 7. The Hall–Kier alpha value is -4.25. The Kier molecular flexibility index (Phi) is 9.73. The number of amides is 3. The molecular formula is C26H30N4O7. The standard InChI is InChI=1S/C26H30N4O7/c1-17(25(34)30-13-11-21(12-14-30)36-16-22(31)32)28-24(33)20-9-7-19(8-10-20)23(27)29-26(35)37-15-18-5-3-2-4-6-18/h2-10,17,21H,11-16H2,1H3,(H,28,33)(H,31,32)(H2,27,29,35)/t17-/m0/s1. The number of hydrogen-bond donors (Lipinski definition) is 4. The predicted octanol–water partition coefficient (Wildman–Crippen LogP) is 2.15. The summed E-state index contributed by atoms with van der Waals surface area (Å²) in [5, 5.41) is 21.8. The van der Waals surface area contributed by atoms with Crippen LogP contribution >= 0.6 is 0 Å². The molecule has 11 nitrogen and oxygen atoms in total. The Morgan fingerprint density at radius 2 is 1.65 bits per heavy atom. The van der Waals surface area contributed by atoms with E-state index in [1.165, 1.54) is 24.3 Å². The normalized spacial score (nSPS) is 14.4. The molecule has 1 atom stereocenters. The first kappa shape index (κ1) is 27.3. The number of alkyl carbamates (subject to hydrolysis) is 1. The van der Waals surface area contributed by atoms with Gasteiger partial charge in [-0.05, 0) is 37.5 Å². The Morgan fingerprint density at radius 1 is 1.03 bits per heavy atom. The second-order valence-electron chi connectivity index (χ2n) is 8.56. The van der Waals surface area contributed by atoms with Crippen molar-refractivity contribution >= 4 is 29.7 Å². The molecule has 1 aliphatic rings. The second kappa shape index (κ2) is 13.2. The molecule has 1 aliphatic heterocycles. The van der Waals surface area contributed by atoms with Crippen LogP contribution < -0.4 is 10.6 Å². The second-order valence-corrected chi connectivity index (χ2v) is 8.56. The molecule has 0 aliphatic carbocycles. The van der Waals surface area contributed by atoms with Crippen molar-refractivity contribution in [2.24, 2.45) is 0 Å². The molecule has 3 amide bonds. The van der Waals surface area contributed by atoms with Crippen molar-refractivity contribution in [2.75, 3.05) is 19.7 Å². The molecule has 0 unspecified atom stereocenters. The number of amidine groups is 1. The zero-order valence-electron chi connectivity index (χ0n) is 20.4. The van der Waals surface area contributed by atoms with Gasteiger partial charge in [0.1, 0.15) is 25.1 Å². The monoisotopic (exact) mass is 510 g/mol. The van der Waals surface area contributed by atoms with E-state index in [1.807, 2.05) is 30.3 Å². The van der Waals surface area contributed by atoms with Gasteiger partial charge < -0.3 is 24.8 Å². The van der Waals surface area contributed by atoms with Crippen molar-refractivity contribution < 1.29 is 33.8 Å². The molecule has 2 aromatic carbocycles. The fourth-order valence-electron chi connectivity index (χ4n) is 3.77. The van der Waals surface area contributed by atoms with Crippen molar-refractivity contribution in [1.82, 2.24) is 15.5 Å². The highest BCUT2D eigenvalue weighted by Gasteiger charge is 2.27. The summed E-state index contributed by atoms with van der Waals surface area (Å²) >= 11 is 0. The summed E-state index contributed by atoms with van der Waals surface area (Å²) < 4.78 is 10.4. The van der Waals surface area contributed by atoms with Gasteiger partial charge in [0.15, 0.2) is 0 Å². The highest BCUT2D eigenvalue weighted by atomic mass is 16.5. The number of likely N-dealkylation sites (tertiary alicyclic amines) is 1. The molecule has 0 bridgehead atoms. The molecule has 1 saturated heterocycles. The van der Waals surface area contributed by atoms with Gasteiger partial charge in [-0.25, -0.2) is 9.59 Å². The fraction of sp³-hybridized carbons (Fsp3) is 0.346. The van der Waals surface area contributed by atoms with Crippen LogP contribution in [0.15, 0.2) is 54.6 Å². The first-order chi connectivity index (χ1) is 17.7.